The number of benzene rings is 2. The minimum atomic E-state index is 0.554. The van der Waals surface area contributed by atoms with Crippen LogP contribution in [0.4, 0.5) is 0 Å². The van der Waals surface area contributed by atoms with E-state index in [-0.39, 0.29) is 0 Å². The summed E-state index contributed by atoms with van der Waals surface area (Å²) in [7, 11) is 1.67. The van der Waals surface area contributed by atoms with Crippen LogP contribution >= 0.6 is 15.9 Å². The van der Waals surface area contributed by atoms with Crippen LogP contribution in [0.3, 0.4) is 0 Å². The summed E-state index contributed by atoms with van der Waals surface area (Å²) in [6.07, 6.45) is 4.13. The lowest BCUT2D eigenvalue weighted by atomic mass is 10.1. The molecular formula is C17H17BrO2. The Morgan fingerprint density at radius 2 is 1.85 bits per heavy atom. The number of rotatable bonds is 6. The maximum atomic E-state index is 5.70. The van der Waals surface area contributed by atoms with Crippen molar-refractivity contribution in [3.8, 4) is 5.75 Å². The highest BCUT2D eigenvalue weighted by Gasteiger charge is 1.99. The first-order valence-corrected chi connectivity index (χ1v) is 7.23. The molecule has 2 rings (SSSR count). The van der Waals surface area contributed by atoms with Crippen LogP contribution in [0.25, 0.3) is 12.2 Å². The minimum absolute atomic E-state index is 0.554. The minimum Gasteiger partial charge on any atom is -0.491 e. The Morgan fingerprint density at radius 3 is 2.65 bits per heavy atom. The Morgan fingerprint density at radius 1 is 1.00 bits per heavy atom. The maximum absolute atomic E-state index is 5.70. The van der Waals surface area contributed by atoms with Crippen LogP contribution in [-0.4, -0.2) is 20.3 Å². The van der Waals surface area contributed by atoms with E-state index in [1.54, 1.807) is 7.11 Å². The summed E-state index contributed by atoms with van der Waals surface area (Å²) in [6.45, 7) is 1.14. The second-order valence-electron chi connectivity index (χ2n) is 4.27. The third kappa shape index (κ3) is 4.51. The molecule has 0 aliphatic heterocycles. The van der Waals surface area contributed by atoms with Crippen molar-refractivity contribution < 1.29 is 9.47 Å². The highest BCUT2D eigenvalue weighted by molar-refractivity contribution is 9.10. The van der Waals surface area contributed by atoms with Gasteiger partial charge in [0.15, 0.2) is 0 Å². The molecule has 0 unspecified atom stereocenters. The lowest BCUT2D eigenvalue weighted by Crippen LogP contribution is -2.04. The van der Waals surface area contributed by atoms with Gasteiger partial charge in [-0.15, -0.1) is 0 Å². The summed E-state index contributed by atoms with van der Waals surface area (Å²) in [5, 5.41) is 0. The molecule has 2 nitrogen and oxygen atoms in total. The van der Waals surface area contributed by atoms with Crippen molar-refractivity contribution in [1.29, 1.82) is 0 Å². The van der Waals surface area contributed by atoms with Gasteiger partial charge in [-0.2, -0.15) is 0 Å². The lowest BCUT2D eigenvalue weighted by molar-refractivity contribution is 0.146. The van der Waals surface area contributed by atoms with Gasteiger partial charge in [0.05, 0.1) is 6.61 Å². The summed E-state index contributed by atoms with van der Waals surface area (Å²) >= 11 is 3.47. The van der Waals surface area contributed by atoms with Crippen molar-refractivity contribution in [3.05, 3.63) is 64.1 Å². The van der Waals surface area contributed by atoms with Crippen molar-refractivity contribution in [2.24, 2.45) is 0 Å². The molecule has 0 bridgehead atoms. The van der Waals surface area contributed by atoms with Crippen LogP contribution in [0.1, 0.15) is 11.1 Å². The second-order valence-corrected chi connectivity index (χ2v) is 5.18. The van der Waals surface area contributed by atoms with E-state index in [0.29, 0.717) is 13.2 Å². The van der Waals surface area contributed by atoms with Gasteiger partial charge in [0, 0.05) is 17.1 Å². The van der Waals surface area contributed by atoms with Crippen LogP contribution in [0.5, 0.6) is 5.75 Å². The molecule has 0 aliphatic rings. The van der Waals surface area contributed by atoms with Crippen LogP contribution in [0.2, 0.25) is 0 Å². The number of halogens is 1. The molecule has 0 radical (unpaired) electrons. The van der Waals surface area contributed by atoms with E-state index in [1.807, 2.05) is 36.4 Å². The molecule has 0 saturated heterocycles. The van der Waals surface area contributed by atoms with Gasteiger partial charge in [0.1, 0.15) is 12.4 Å². The first kappa shape index (κ1) is 14.8. The standard InChI is InChI=1S/C17H17BrO2/c1-19-11-12-20-17-8-3-2-6-15(17)10-9-14-5-4-7-16(18)13-14/h2-10,13H,11-12H2,1H3. The van der Waals surface area contributed by atoms with Crippen molar-refractivity contribution in [1.82, 2.24) is 0 Å². The van der Waals surface area contributed by atoms with Crippen molar-refractivity contribution in [2.75, 3.05) is 20.3 Å². The van der Waals surface area contributed by atoms with Gasteiger partial charge in [-0.1, -0.05) is 58.4 Å². The molecule has 0 heterocycles. The molecule has 0 atom stereocenters. The number of hydrogen-bond donors (Lipinski definition) is 0. The van der Waals surface area contributed by atoms with Crippen molar-refractivity contribution in [3.63, 3.8) is 0 Å². The first-order valence-electron chi connectivity index (χ1n) is 6.44. The van der Waals surface area contributed by atoms with Gasteiger partial charge >= 0.3 is 0 Å². The molecule has 104 valence electrons. The summed E-state index contributed by atoms with van der Waals surface area (Å²) in [4.78, 5) is 0. The zero-order chi connectivity index (χ0) is 14.2. The van der Waals surface area contributed by atoms with E-state index in [4.69, 9.17) is 9.47 Å². The maximum Gasteiger partial charge on any atom is 0.126 e. The molecule has 0 aliphatic carbocycles. The van der Waals surface area contributed by atoms with E-state index in [0.717, 1.165) is 21.3 Å². The van der Waals surface area contributed by atoms with E-state index < -0.39 is 0 Å². The van der Waals surface area contributed by atoms with E-state index in [2.05, 4.69) is 40.2 Å². The molecular weight excluding hydrogens is 316 g/mol. The normalized spacial score (nSPS) is 10.9. The Kier molecular flexibility index (Phi) is 5.84. The topological polar surface area (TPSA) is 18.5 Å². The molecule has 0 aromatic heterocycles. The summed E-state index contributed by atoms with van der Waals surface area (Å²) in [6, 6.07) is 16.2. The Balaban J connectivity index is 2.12. The van der Waals surface area contributed by atoms with Crippen LogP contribution in [0.15, 0.2) is 53.0 Å². The Hall–Kier alpha value is -1.58. The summed E-state index contributed by atoms with van der Waals surface area (Å²) < 4.78 is 11.8. The average Bonchev–Trinajstić information content (AvgIpc) is 2.47. The Labute approximate surface area is 128 Å². The van der Waals surface area contributed by atoms with Crippen LogP contribution in [0, 0.1) is 0 Å². The fourth-order valence-electron chi connectivity index (χ4n) is 1.78. The quantitative estimate of drug-likeness (QED) is 0.566. The van der Waals surface area contributed by atoms with Gasteiger partial charge in [0.25, 0.3) is 0 Å². The largest absolute Gasteiger partial charge is 0.491 e. The lowest BCUT2D eigenvalue weighted by Gasteiger charge is -2.08. The molecule has 0 spiro atoms. The van der Waals surface area contributed by atoms with Gasteiger partial charge in [-0.05, 0) is 23.8 Å². The number of methoxy groups -OCH3 is 1. The molecule has 0 fully saturated rings. The third-order valence-corrected chi connectivity index (χ3v) is 3.26. The van der Waals surface area contributed by atoms with Gasteiger partial charge < -0.3 is 9.47 Å². The smallest absolute Gasteiger partial charge is 0.126 e. The van der Waals surface area contributed by atoms with Crippen LogP contribution in [-0.2, 0) is 4.74 Å². The predicted octanol–water partition coefficient (Wildman–Crippen LogP) is 4.64. The van der Waals surface area contributed by atoms with Gasteiger partial charge in [-0.3, -0.25) is 0 Å². The molecule has 3 heteroatoms. The SMILES string of the molecule is COCCOc1ccccc1C=Cc1cccc(Br)c1. The first-order chi connectivity index (χ1) is 9.79. The van der Waals surface area contributed by atoms with Crippen LogP contribution < -0.4 is 4.74 Å². The fourth-order valence-corrected chi connectivity index (χ4v) is 2.20. The van der Waals surface area contributed by atoms with E-state index in [9.17, 15) is 0 Å². The second kappa shape index (κ2) is 7.88. The zero-order valence-electron chi connectivity index (χ0n) is 11.4. The highest BCUT2D eigenvalue weighted by atomic mass is 79.9. The average molecular weight is 333 g/mol. The van der Waals surface area contributed by atoms with Crippen molar-refractivity contribution >= 4 is 28.1 Å². The van der Waals surface area contributed by atoms with E-state index >= 15 is 0 Å². The number of hydrogen-bond acceptors (Lipinski definition) is 2. The van der Waals surface area contributed by atoms with E-state index in [1.165, 1.54) is 0 Å². The molecule has 2 aromatic rings. The molecule has 0 N–H and O–H groups in total. The highest BCUT2D eigenvalue weighted by Crippen LogP contribution is 2.21. The monoisotopic (exact) mass is 332 g/mol. The third-order valence-electron chi connectivity index (χ3n) is 2.77. The summed E-state index contributed by atoms with van der Waals surface area (Å²) in [5.41, 5.74) is 2.20. The summed E-state index contributed by atoms with van der Waals surface area (Å²) in [5.74, 6) is 0.871. The molecule has 0 amide bonds. The fraction of sp³-hybridized carbons (Fsp3) is 0.176. The van der Waals surface area contributed by atoms with Gasteiger partial charge in [-0.25, -0.2) is 0 Å². The molecule has 2 aromatic carbocycles. The van der Waals surface area contributed by atoms with Crippen molar-refractivity contribution in [2.45, 2.75) is 0 Å². The zero-order valence-corrected chi connectivity index (χ0v) is 13.0. The molecule has 0 saturated carbocycles. The Bertz CT molecular complexity index is 579. The number of ether oxygens (including phenoxy) is 2. The number of para-hydroxylation sites is 1. The van der Waals surface area contributed by atoms with Gasteiger partial charge in [0.2, 0.25) is 0 Å². The molecule has 20 heavy (non-hydrogen) atoms. The predicted molar refractivity (Wildman–Crippen MR) is 86.9 cm³/mol.